The van der Waals surface area contributed by atoms with Crippen molar-refractivity contribution in [3.63, 3.8) is 0 Å². The summed E-state index contributed by atoms with van der Waals surface area (Å²) in [6, 6.07) is -1.01. The molecule has 6 heterocycles. The van der Waals surface area contributed by atoms with E-state index in [4.69, 9.17) is 0 Å². The predicted molar refractivity (Wildman–Crippen MR) is 129 cm³/mol. The molecule has 6 rings (SSSR count). The average Bonchev–Trinajstić information content (AvgIpc) is 3.23. The van der Waals surface area contributed by atoms with Crippen LogP contribution in [0.25, 0.3) is 0 Å². The predicted octanol–water partition coefficient (Wildman–Crippen LogP) is -0.734. The summed E-state index contributed by atoms with van der Waals surface area (Å²) in [5, 5.41) is 14.9. The maximum atomic E-state index is 13.9. The molecule has 6 aliphatic rings. The van der Waals surface area contributed by atoms with Crippen LogP contribution in [0.4, 0.5) is 9.59 Å². The summed E-state index contributed by atoms with van der Waals surface area (Å²) >= 11 is 1.99. The standard InChI is InChI=1S/C23H33N7O5S/c31-17-11-23(12-26-17)19(33)30(21(35)28-23)16-10-22(4-6-25-16)18(32)29(20(34)27-22)15-9-14-3-8-36-7-2-13(14)1-5-24-15/h13-16,24-25H,1-12H2,(H,26,31)(H,27,34)(H,28,35). The molecule has 0 saturated carbocycles. The Balaban J connectivity index is 1.20. The topological polar surface area (TPSA) is 152 Å². The lowest BCUT2D eigenvalue weighted by Gasteiger charge is -2.39. The van der Waals surface area contributed by atoms with Crippen molar-refractivity contribution in [2.24, 2.45) is 11.8 Å². The van der Waals surface area contributed by atoms with Crippen molar-refractivity contribution in [3.8, 4) is 0 Å². The number of fused-ring (bicyclic) bond motifs is 1. The monoisotopic (exact) mass is 519 g/mol. The van der Waals surface area contributed by atoms with Crippen LogP contribution in [-0.2, 0) is 14.4 Å². The van der Waals surface area contributed by atoms with Crippen LogP contribution in [0, 0.1) is 11.8 Å². The van der Waals surface area contributed by atoms with Crippen LogP contribution in [0.2, 0.25) is 0 Å². The lowest BCUT2D eigenvalue weighted by Crippen LogP contribution is -2.63. The minimum absolute atomic E-state index is 0.0439. The molecule has 6 atom stereocenters. The van der Waals surface area contributed by atoms with Gasteiger partial charge in [0, 0.05) is 6.42 Å². The fourth-order valence-electron chi connectivity index (χ4n) is 6.92. The molecule has 5 N–H and O–H groups in total. The molecule has 13 heteroatoms. The molecule has 0 aromatic carbocycles. The van der Waals surface area contributed by atoms with Gasteiger partial charge in [-0.05, 0) is 68.5 Å². The summed E-state index contributed by atoms with van der Waals surface area (Å²) in [6.07, 6.45) is 3.29. The quantitative estimate of drug-likeness (QED) is 0.300. The summed E-state index contributed by atoms with van der Waals surface area (Å²) in [5.74, 6) is 2.29. The molecule has 0 bridgehead atoms. The van der Waals surface area contributed by atoms with Gasteiger partial charge in [0.2, 0.25) is 5.91 Å². The molecule has 36 heavy (non-hydrogen) atoms. The van der Waals surface area contributed by atoms with E-state index in [1.165, 1.54) is 17.1 Å². The highest BCUT2D eigenvalue weighted by atomic mass is 32.2. The Morgan fingerprint density at radius 2 is 1.44 bits per heavy atom. The van der Waals surface area contributed by atoms with E-state index in [0.29, 0.717) is 24.8 Å². The van der Waals surface area contributed by atoms with E-state index in [-0.39, 0.29) is 37.4 Å². The highest BCUT2D eigenvalue weighted by Crippen LogP contribution is 2.38. The first kappa shape index (κ1) is 24.0. The second-order valence-corrected chi connectivity index (χ2v) is 12.2. The number of imide groups is 2. The summed E-state index contributed by atoms with van der Waals surface area (Å²) in [4.78, 5) is 67.4. The molecule has 6 fully saturated rings. The van der Waals surface area contributed by atoms with Crippen molar-refractivity contribution >= 4 is 41.5 Å². The molecule has 7 amide bonds. The molecular formula is C23H33N7O5S. The third-order valence-electron chi connectivity index (χ3n) is 8.89. The van der Waals surface area contributed by atoms with Crippen molar-refractivity contribution in [1.29, 1.82) is 0 Å². The Labute approximate surface area is 213 Å². The first-order valence-electron chi connectivity index (χ1n) is 12.9. The smallest absolute Gasteiger partial charge is 0.326 e. The number of urea groups is 2. The van der Waals surface area contributed by atoms with Gasteiger partial charge in [-0.15, -0.1) is 0 Å². The molecule has 0 aliphatic carbocycles. The highest BCUT2D eigenvalue weighted by Gasteiger charge is 2.61. The van der Waals surface area contributed by atoms with E-state index >= 15 is 0 Å². The van der Waals surface area contributed by atoms with E-state index < -0.39 is 35.2 Å². The van der Waals surface area contributed by atoms with Crippen LogP contribution in [0.5, 0.6) is 0 Å². The van der Waals surface area contributed by atoms with Gasteiger partial charge >= 0.3 is 12.1 Å². The molecule has 0 aromatic heterocycles. The number of nitrogens with zero attached hydrogens (tertiary/aromatic N) is 2. The summed E-state index contributed by atoms with van der Waals surface area (Å²) in [7, 11) is 0. The Bertz CT molecular complexity index is 1010. The van der Waals surface area contributed by atoms with E-state index in [1.54, 1.807) is 0 Å². The van der Waals surface area contributed by atoms with Gasteiger partial charge in [-0.1, -0.05) is 0 Å². The fourth-order valence-corrected chi connectivity index (χ4v) is 8.06. The molecule has 6 aliphatic heterocycles. The van der Waals surface area contributed by atoms with Gasteiger partial charge in [0.15, 0.2) is 0 Å². The summed E-state index contributed by atoms with van der Waals surface area (Å²) < 4.78 is 0. The number of hydrogen-bond donors (Lipinski definition) is 5. The summed E-state index contributed by atoms with van der Waals surface area (Å²) in [6.45, 7) is 1.16. The minimum atomic E-state index is -1.28. The third kappa shape index (κ3) is 3.77. The lowest BCUT2D eigenvalue weighted by molar-refractivity contribution is -0.139. The third-order valence-corrected chi connectivity index (χ3v) is 9.94. The number of carbonyl (C=O) groups excluding carboxylic acids is 5. The van der Waals surface area contributed by atoms with Crippen molar-refractivity contribution in [3.05, 3.63) is 0 Å². The van der Waals surface area contributed by atoms with Crippen LogP contribution in [-0.4, -0.2) is 94.1 Å². The van der Waals surface area contributed by atoms with E-state index in [0.717, 1.165) is 36.5 Å². The molecule has 0 radical (unpaired) electrons. The van der Waals surface area contributed by atoms with Crippen molar-refractivity contribution in [2.45, 2.75) is 68.4 Å². The van der Waals surface area contributed by atoms with E-state index in [2.05, 4.69) is 26.6 Å². The van der Waals surface area contributed by atoms with Crippen molar-refractivity contribution in [2.75, 3.05) is 31.1 Å². The molecule has 0 aromatic rings. The van der Waals surface area contributed by atoms with Crippen LogP contribution in [0.3, 0.4) is 0 Å². The molecule has 2 spiro atoms. The van der Waals surface area contributed by atoms with Crippen LogP contribution >= 0.6 is 11.8 Å². The first-order chi connectivity index (χ1) is 17.3. The van der Waals surface area contributed by atoms with Gasteiger partial charge in [-0.3, -0.25) is 25.0 Å². The number of nitrogens with one attached hydrogen (secondary N) is 5. The maximum Gasteiger partial charge on any atom is 0.326 e. The number of rotatable bonds is 2. The second kappa shape index (κ2) is 8.88. The number of hydrogen-bond acceptors (Lipinski definition) is 8. The van der Waals surface area contributed by atoms with Gasteiger partial charge in [0.1, 0.15) is 11.1 Å². The zero-order valence-corrected chi connectivity index (χ0v) is 21.0. The van der Waals surface area contributed by atoms with E-state index in [9.17, 15) is 24.0 Å². The van der Waals surface area contributed by atoms with Gasteiger partial charge in [0.25, 0.3) is 11.8 Å². The first-order valence-corrected chi connectivity index (χ1v) is 14.1. The Morgan fingerprint density at radius 1 is 0.778 bits per heavy atom. The highest BCUT2D eigenvalue weighted by molar-refractivity contribution is 7.99. The van der Waals surface area contributed by atoms with Crippen LogP contribution in [0.1, 0.15) is 44.9 Å². The number of carbonyl (C=O) groups is 5. The minimum Gasteiger partial charge on any atom is -0.353 e. The second-order valence-electron chi connectivity index (χ2n) is 11.0. The normalized spacial score (nSPS) is 41.3. The van der Waals surface area contributed by atoms with Crippen molar-refractivity contribution in [1.82, 2.24) is 36.4 Å². The SMILES string of the molecule is O=C1CC2(CN1)NC(=O)N(C1CC3(CCN1)NC(=O)N(C1CC4CCSCCC4CCN1)C3=O)C2=O. The van der Waals surface area contributed by atoms with Gasteiger partial charge < -0.3 is 16.0 Å². The van der Waals surface area contributed by atoms with Crippen LogP contribution < -0.4 is 26.6 Å². The number of piperidine rings is 1. The zero-order chi connectivity index (χ0) is 25.1. The Hall–Kier alpha value is -2.38. The molecular weight excluding hydrogens is 486 g/mol. The van der Waals surface area contributed by atoms with Gasteiger partial charge in [0.05, 0.1) is 25.3 Å². The number of amides is 7. The summed E-state index contributed by atoms with van der Waals surface area (Å²) in [5.41, 5.74) is -2.47. The molecule has 196 valence electrons. The largest absolute Gasteiger partial charge is 0.353 e. The molecule has 12 nitrogen and oxygen atoms in total. The Morgan fingerprint density at radius 3 is 2.19 bits per heavy atom. The van der Waals surface area contributed by atoms with Crippen molar-refractivity contribution < 1.29 is 24.0 Å². The number of thioether (sulfide) groups is 1. The molecule has 6 saturated heterocycles. The maximum absolute atomic E-state index is 13.9. The van der Waals surface area contributed by atoms with E-state index in [1.807, 2.05) is 11.8 Å². The van der Waals surface area contributed by atoms with Crippen LogP contribution in [0.15, 0.2) is 0 Å². The fraction of sp³-hybridized carbons (Fsp3) is 0.783. The average molecular weight is 520 g/mol. The zero-order valence-electron chi connectivity index (χ0n) is 20.1. The Kier molecular flexibility index (Phi) is 5.91. The van der Waals surface area contributed by atoms with Gasteiger partial charge in [-0.25, -0.2) is 19.4 Å². The molecule has 6 unspecified atom stereocenters. The van der Waals surface area contributed by atoms with Gasteiger partial charge in [-0.2, -0.15) is 11.8 Å². The lowest BCUT2D eigenvalue weighted by atomic mass is 9.83.